The summed E-state index contributed by atoms with van der Waals surface area (Å²) in [6.45, 7) is 0. The third kappa shape index (κ3) is 4.78. The average molecular weight is 368 g/mol. The Hall–Kier alpha value is -3.45. The summed E-state index contributed by atoms with van der Waals surface area (Å²) in [5.41, 5.74) is 4.33. The van der Waals surface area contributed by atoms with E-state index in [9.17, 15) is 9.59 Å². The largest absolute Gasteiger partial charge is 0.322 e. The lowest BCUT2D eigenvalue weighted by Gasteiger charge is -2.07. The summed E-state index contributed by atoms with van der Waals surface area (Å²) in [4.78, 5) is 24.2. The molecule has 0 aliphatic rings. The molecule has 26 heavy (non-hydrogen) atoms. The molecule has 1 heterocycles. The van der Waals surface area contributed by atoms with Crippen LogP contribution >= 0.6 is 11.6 Å². The van der Waals surface area contributed by atoms with E-state index in [-0.39, 0.29) is 11.8 Å². The van der Waals surface area contributed by atoms with Gasteiger partial charge in [-0.2, -0.15) is 0 Å². The Morgan fingerprint density at radius 3 is 2.50 bits per heavy atom. The van der Waals surface area contributed by atoms with Crippen LogP contribution < -0.4 is 10.7 Å². The standard InChI is InChI=1S/C18H14ClN5O2/c19-15-7-4-13(5-8-15)6-9-17(25)22-16-3-1-2-14(10-16)18(26)23-24-11-20-21-12-24/h1-12H,(H,22,25)(H,23,26)/b9-6+. The van der Waals surface area contributed by atoms with Gasteiger partial charge in [0, 0.05) is 22.3 Å². The molecular formula is C18H14ClN5O2. The maximum atomic E-state index is 12.2. The molecule has 0 aliphatic heterocycles. The van der Waals surface area contributed by atoms with Crippen molar-refractivity contribution >= 4 is 35.2 Å². The van der Waals surface area contributed by atoms with Crippen LogP contribution in [-0.2, 0) is 4.79 Å². The lowest BCUT2D eigenvalue weighted by molar-refractivity contribution is -0.111. The first-order valence-corrected chi connectivity index (χ1v) is 7.99. The molecule has 0 unspecified atom stereocenters. The zero-order valence-corrected chi connectivity index (χ0v) is 14.2. The second-order valence-corrected chi connectivity index (χ2v) is 5.70. The molecule has 0 saturated heterocycles. The molecule has 7 nitrogen and oxygen atoms in total. The second-order valence-electron chi connectivity index (χ2n) is 5.27. The van der Waals surface area contributed by atoms with Gasteiger partial charge in [0.2, 0.25) is 5.91 Å². The minimum atomic E-state index is -0.349. The summed E-state index contributed by atoms with van der Waals surface area (Å²) in [6.07, 6.45) is 5.82. The molecule has 0 fully saturated rings. The lowest BCUT2D eigenvalue weighted by Crippen LogP contribution is -2.21. The Morgan fingerprint density at radius 1 is 1.04 bits per heavy atom. The number of halogens is 1. The highest BCUT2D eigenvalue weighted by atomic mass is 35.5. The van der Waals surface area contributed by atoms with Crippen molar-refractivity contribution in [2.75, 3.05) is 10.7 Å². The SMILES string of the molecule is O=C(/C=C/c1ccc(Cl)cc1)Nc1cccc(C(=O)Nn2cnnc2)c1. The predicted octanol–water partition coefficient (Wildman–Crippen LogP) is 2.97. The van der Waals surface area contributed by atoms with E-state index in [1.165, 1.54) is 23.4 Å². The van der Waals surface area contributed by atoms with E-state index < -0.39 is 0 Å². The molecule has 0 aliphatic carbocycles. The van der Waals surface area contributed by atoms with E-state index in [0.717, 1.165) is 5.56 Å². The van der Waals surface area contributed by atoms with Gasteiger partial charge in [-0.25, -0.2) is 4.68 Å². The molecule has 0 spiro atoms. The lowest BCUT2D eigenvalue weighted by atomic mass is 10.2. The molecule has 130 valence electrons. The fourth-order valence-corrected chi connectivity index (χ4v) is 2.23. The van der Waals surface area contributed by atoms with Crippen LogP contribution in [-0.4, -0.2) is 26.7 Å². The highest BCUT2D eigenvalue weighted by molar-refractivity contribution is 6.30. The predicted molar refractivity (Wildman–Crippen MR) is 99.3 cm³/mol. The van der Waals surface area contributed by atoms with Crippen molar-refractivity contribution < 1.29 is 9.59 Å². The molecule has 0 radical (unpaired) electrons. The Bertz CT molecular complexity index is 936. The Morgan fingerprint density at radius 2 is 1.77 bits per heavy atom. The van der Waals surface area contributed by atoms with E-state index in [2.05, 4.69) is 20.9 Å². The van der Waals surface area contributed by atoms with Gasteiger partial charge in [-0.3, -0.25) is 15.0 Å². The fraction of sp³-hybridized carbons (Fsp3) is 0. The highest BCUT2D eigenvalue weighted by Gasteiger charge is 2.07. The van der Waals surface area contributed by atoms with Crippen molar-refractivity contribution in [2.45, 2.75) is 0 Å². The molecule has 0 saturated carbocycles. The van der Waals surface area contributed by atoms with Crippen LogP contribution in [0.4, 0.5) is 5.69 Å². The van der Waals surface area contributed by atoms with Crippen molar-refractivity contribution in [1.82, 2.24) is 14.9 Å². The van der Waals surface area contributed by atoms with Crippen molar-refractivity contribution in [2.24, 2.45) is 0 Å². The molecule has 3 rings (SSSR count). The van der Waals surface area contributed by atoms with E-state index in [1.807, 2.05) is 12.1 Å². The number of carbonyl (C=O) groups is 2. The van der Waals surface area contributed by atoms with Crippen molar-refractivity contribution in [3.05, 3.63) is 83.4 Å². The monoisotopic (exact) mass is 367 g/mol. The number of anilines is 1. The van der Waals surface area contributed by atoms with Crippen LogP contribution in [0.1, 0.15) is 15.9 Å². The summed E-state index contributed by atoms with van der Waals surface area (Å²) in [7, 11) is 0. The summed E-state index contributed by atoms with van der Waals surface area (Å²) in [5.74, 6) is -0.658. The Labute approximate surface area is 154 Å². The van der Waals surface area contributed by atoms with E-state index in [0.29, 0.717) is 16.3 Å². The molecule has 2 N–H and O–H groups in total. The van der Waals surface area contributed by atoms with Crippen LogP contribution in [0.5, 0.6) is 0 Å². The Kier molecular flexibility index (Phi) is 5.40. The third-order valence-corrected chi connectivity index (χ3v) is 3.59. The van der Waals surface area contributed by atoms with Crippen molar-refractivity contribution in [3.63, 3.8) is 0 Å². The quantitative estimate of drug-likeness (QED) is 0.678. The number of hydrogen-bond donors (Lipinski definition) is 2. The molecule has 8 heteroatoms. The molecule has 2 amide bonds. The normalized spacial score (nSPS) is 10.7. The first-order chi connectivity index (χ1) is 12.6. The summed E-state index contributed by atoms with van der Waals surface area (Å²) < 4.78 is 1.34. The fourth-order valence-electron chi connectivity index (χ4n) is 2.11. The number of rotatable bonds is 5. The van der Waals surface area contributed by atoms with Crippen LogP contribution in [0.25, 0.3) is 6.08 Å². The second kappa shape index (κ2) is 8.09. The highest BCUT2D eigenvalue weighted by Crippen LogP contribution is 2.13. The van der Waals surface area contributed by atoms with Gasteiger partial charge in [-0.15, -0.1) is 10.2 Å². The summed E-state index contributed by atoms with van der Waals surface area (Å²) >= 11 is 5.82. The molecular weight excluding hydrogens is 354 g/mol. The minimum Gasteiger partial charge on any atom is -0.322 e. The van der Waals surface area contributed by atoms with Crippen LogP contribution in [0, 0.1) is 0 Å². The van der Waals surface area contributed by atoms with E-state index in [1.54, 1.807) is 42.5 Å². The molecule has 3 aromatic rings. The first kappa shape index (κ1) is 17.4. The van der Waals surface area contributed by atoms with Gasteiger partial charge in [0.25, 0.3) is 5.91 Å². The zero-order valence-electron chi connectivity index (χ0n) is 13.5. The van der Waals surface area contributed by atoms with Gasteiger partial charge in [-0.1, -0.05) is 29.8 Å². The third-order valence-electron chi connectivity index (χ3n) is 3.34. The molecule has 0 bridgehead atoms. The van der Waals surface area contributed by atoms with E-state index in [4.69, 9.17) is 11.6 Å². The number of aromatic nitrogens is 3. The summed E-state index contributed by atoms with van der Waals surface area (Å²) in [5, 5.41) is 10.6. The maximum Gasteiger partial charge on any atom is 0.270 e. The minimum absolute atomic E-state index is 0.309. The number of hydrogen-bond acceptors (Lipinski definition) is 4. The smallest absolute Gasteiger partial charge is 0.270 e. The van der Waals surface area contributed by atoms with Gasteiger partial charge in [0.05, 0.1) is 0 Å². The number of amides is 2. The van der Waals surface area contributed by atoms with Crippen LogP contribution in [0.15, 0.2) is 67.3 Å². The Balaban J connectivity index is 1.63. The van der Waals surface area contributed by atoms with Crippen molar-refractivity contribution in [3.8, 4) is 0 Å². The van der Waals surface area contributed by atoms with Crippen molar-refractivity contribution in [1.29, 1.82) is 0 Å². The summed E-state index contributed by atoms with van der Waals surface area (Å²) in [6, 6.07) is 13.7. The molecule has 0 atom stereocenters. The first-order valence-electron chi connectivity index (χ1n) is 7.61. The topological polar surface area (TPSA) is 88.9 Å². The zero-order chi connectivity index (χ0) is 18.4. The average Bonchev–Trinajstić information content (AvgIpc) is 3.14. The number of carbonyl (C=O) groups excluding carboxylic acids is 2. The van der Waals surface area contributed by atoms with Gasteiger partial charge in [0.1, 0.15) is 12.7 Å². The van der Waals surface area contributed by atoms with Gasteiger partial charge in [-0.05, 0) is 42.0 Å². The van der Waals surface area contributed by atoms with E-state index >= 15 is 0 Å². The van der Waals surface area contributed by atoms with Gasteiger partial charge in [0.15, 0.2) is 0 Å². The van der Waals surface area contributed by atoms with Gasteiger partial charge < -0.3 is 5.32 Å². The van der Waals surface area contributed by atoms with Crippen LogP contribution in [0.3, 0.4) is 0 Å². The number of benzene rings is 2. The number of nitrogens with zero attached hydrogens (tertiary/aromatic N) is 3. The maximum absolute atomic E-state index is 12.2. The molecule has 2 aromatic carbocycles. The van der Waals surface area contributed by atoms with Crippen LogP contribution in [0.2, 0.25) is 5.02 Å². The number of nitrogens with one attached hydrogen (secondary N) is 2. The van der Waals surface area contributed by atoms with Gasteiger partial charge >= 0.3 is 0 Å². The molecule has 1 aromatic heterocycles.